The Morgan fingerprint density at radius 1 is 1.10 bits per heavy atom. The molecule has 7 heteroatoms. The molecule has 0 aromatic carbocycles. The molecule has 1 aromatic heterocycles. The van der Waals surface area contributed by atoms with Crippen molar-refractivity contribution in [2.75, 3.05) is 32.8 Å². The number of amides is 2. The molecule has 2 bridgehead atoms. The van der Waals surface area contributed by atoms with Crippen molar-refractivity contribution in [3.05, 3.63) is 34.2 Å². The average molecular weight is 399 g/mol. The van der Waals surface area contributed by atoms with E-state index in [9.17, 15) is 14.4 Å². The topological polar surface area (TPSA) is 71.9 Å². The SMILES string of the molecule is CC(=O)N1C[C@H]2C[C@@H](C1)[C@H](C(=O)N1CCC3(CCCO3)CC1)n1c2cccc1=O. The number of fused-ring (bicyclic) bond motifs is 4. The van der Waals surface area contributed by atoms with E-state index in [4.69, 9.17) is 4.74 Å². The van der Waals surface area contributed by atoms with Crippen molar-refractivity contribution < 1.29 is 14.3 Å². The Balaban J connectivity index is 1.45. The summed E-state index contributed by atoms with van der Waals surface area (Å²) in [6.07, 6.45) is 4.77. The lowest BCUT2D eigenvalue weighted by atomic mass is 9.77. The van der Waals surface area contributed by atoms with Gasteiger partial charge >= 0.3 is 0 Å². The lowest BCUT2D eigenvalue weighted by molar-refractivity contribution is -0.145. The molecular weight excluding hydrogens is 370 g/mol. The summed E-state index contributed by atoms with van der Waals surface area (Å²) in [7, 11) is 0. The summed E-state index contributed by atoms with van der Waals surface area (Å²) in [4.78, 5) is 42.3. The molecule has 0 radical (unpaired) electrons. The summed E-state index contributed by atoms with van der Waals surface area (Å²) in [5.74, 6) is 0.167. The van der Waals surface area contributed by atoms with E-state index < -0.39 is 6.04 Å². The van der Waals surface area contributed by atoms with Crippen molar-refractivity contribution in [1.82, 2.24) is 14.4 Å². The minimum Gasteiger partial charge on any atom is -0.375 e. The Kier molecular flexibility index (Phi) is 4.53. The molecule has 0 saturated carbocycles. The monoisotopic (exact) mass is 399 g/mol. The van der Waals surface area contributed by atoms with E-state index >= 15 is 0 Å². The van der Waals surface area contributed by atoms with Crippen LogP contribution in [0.15, 0.2) is 23.0 Å². The van der Waals surface area contributed by atoms with Gasteiger partial charge in [0.25, 0.3) is 5.56 Å². The van der Waals surface area contributed by atoms with Crippen LogP contribution in [0.1, 0.15) is 56.7 Å². The lowest BCUT2D eigenvalue weighted by Crippen LogP contribution is -2.56. The van der Waals surface area contributed by atoms with Gasteiger partial charge in [-0.3, -0.25) is 19.0 Å². The fourth-order valence-electron chi connectivity index (χ4n) is 5.98. The van der Waals surface area contributed by atoms with Crippen molar-refractivity contribution in [3.63, 3.8) is 0 Å². The van der Waals surface area contributed by atoms with Crippen LogP contribution < -0.4 is 5.56 Å². The number of carbonyl (C=O) groups is 2. The zero-order valence-electron chi connectivity index (χ0n) is 17.0. The first-order valence-corrected chi connectivity index (χ1v) is 10.9. The summed E-state index contributed by atoms with van der Waals surface area (Å²) in [5.41, 5.74) is 0.740. The smallest absolute Gasteiger partial charge is 0.251 e. The van der Waals surface area contributed by atoms with Crippen molar-refractivity contribution in [2.45, 2.75) is 56.6 Å². The molecule has 3 saturated heterocycles. The first-order valence-electron chi connectivity index (χ1n) is 10.9. The molecule has 1 aromatic rings. The van der Waals surface area contributed by atoms with Crippen LogP contribution in [-0.2, 0) is 14.3 Å². The normalized spacial score (nSPS) is 30.3. The zero-order chi connectivity index (χ0) is 20.2. The summed E-state index contributed by atoms with van der Waals surface area (Å²) < 4.78 is 7.73. The van der Waals surface area contributed by atoms with Crippen LogP contribution >= 0.6 is 0 Å². The molecule has 2 amide bonds. The van der Waals surface area contributed by atoms with Gasteiger partial charge in [-0.2, -0.15) is 0 Å². The van der Waals surface area contributed by atoms with Gasteiger partial charge in [0, 0.05) is 63.3 Å². The van der Waals surface area contributed by atoms with Gasteiger partial charge < -0.3 is 14.5 Å². The molecule has 5 rings (SSSR count). The minimum absolute atomic E-state index is 0.0173. The molecule has 4 aliphatic heterocycles. The summed E-state index contributed by atoms with van der Waals surface area (Å²) in [5, 5.41) is 0. The molecule has 1 spiro atoms. The fourth-order valence-corrected chi connectivity index (χ4v) is 5.98. The molecule has 3 fully saturated rings. The second-order valence-corrected chi connectivity index (χ2v) is 9.18. The molecule has 0 aliphatic carbocycles. The molecule has 4 aliphatic rings. The summed E-state index contributed by atoms with van der Waals surface area (Å²) in [6, 6.07) is 4.75. The van der Waals surface area contributed by atoms with Crippen LogP contribution in [0, 0.1) is 5.92 Å². The number of nitrogens with zero attached hydrogens (tertiary/aromatic N) is 3. The number of likely N-dealkylation sites (tertiary alicyclic amines) is 2. The number of rotatable bonds is 1. The molecule has 5 heterocycles. The van der Waals surface area contributed by atoms with Crippen LogP contribution in [0.4, 0.5) is 0 Å². The highest BCUT2D eigenvalue weighted by molar-refractivity contribution is 5.82. The third-order valence-corrected chi connectivity index (χ3v) is 7.52. The molecule has 29 heavy (non-hydrogen) atoms. The maximum Gasteiger partial charge on any atom is 0.251 e. The second-order valence-electron chi connectivity index (χ2n) is 9.18. The van der Waals surface area contributed by atoms with Crippen molar-refractivity contribution in [2.24, 2.45) is 5.92 Å². The second kappa shape index (κ2) is 6.97. The van der Waals surface area contributed by atoms with Crippen molar-refractivity contribution in [1.29, 1.82) is 0 Å². The third kappa shape index (κ3) is 3.10. The highest BCUT2D eigenvalue weighted by atomic mass is 16.5. The van der Waals surface area contributed by atoms with E-state index in [1.807, 2.05) is 15.9 Å². The predicted octanol–water partition coefficient (Wildman–Crippen LogP) is 1.53. The maximum atomic E-state index is 13.7. The Labute approximate surface area is 170 Å². The number of carbonyl (C=O) groups excluding carboxylic acids is 2. The molecule has 3 atom stereocenters. The van der Waals surface area contributed by atoms with Gasteiger partial charge in [-0.05, 0) is 38.2 Å². The Hall–Kier alpha value is -2.15. The van der Waals surface area contributed by atoms with Crippen molar-refractivity contribution in [3.8, 4) is 0 Å². The average Bonchev–Trinajstić information content (AvgIpc) is 3.17. The van der Waals surface area contributed by atoms with Gasteiger partial charge in [-0.25, -0.2) is 0 Å². The minimum atomic E-state index is -0.518. The van der Waals surface area contributed by atoms with Gasteiger partial charge in [0.05, 0.1) is 5.60 Å². The molecule has 0 N–H and O–H groups in total. The lowest BCUT2D eigenvalue weighted by Gasteiger charge is -2.48. The van der Waals surface area contributed by atoms with Crippen LogP contribution in [0.2, 0.25) is 0 Å². The Morgan fingerprint density at radius 2 is 1.90 bits per heavy atom. The number of ether oxygens (including phenoxy) is 1. The molecular formula is C22H29N3O4. The van der Waals surface area contributed by atoms with Crippen LogP contribution in [0.5, 0.6) is 0 Å². The number of piperidine rings is 2. The quantitative estimate of drug-likeness (QED) is 0.718. The van der Waals surface area contributed by atoms with Gasteiger partial charge in [0.1, 0.15) is 6.04 Å². The summed E-state index contributed by atoms with van der Waals surface area (Å²) in [6.45, 7) is 4.94. The largest absolute Gasteiger partial charge is 0.375 e. The van der Waals surface area contributed by atoms with Crippen molar-refractivity contribution >= 4 is 11.8 Å². The maximum absolute atomic E-state index is 13.7. The molecule has 0 unspecified atom stereocenters. The van der Waals surface area contributed by atoms with Crippen LogP contribution in [0.3, 0.4) is 0 Å². The Bertz CT molecular complexity index is 878. The first kappa shape index (κ1) is 18.9. The summed E-state index contributed by atoms with van der Waals surface area (Å²) >= 11 is 0. The van der Waals surface area contributed by atoms with Gasteiger partial charge in [-0.1, -0.05) is 6.07 Å². The van der Waals surface area contributed by atoms with E-state index in [2.05, 4.69) is 0 Å². The third-order valence-electron chi connectivity index (χ3n) is 7.52. The van der Waals surface area contributed by atoms with E-state index in [1.165, 1.54) is 0 Å². The van der Waals surface area contributed by atoms with E-state index in [0.717, 1.165) is 44.4 Å². The van der Waals surface area contributed by atoms with E-state index in [-0.39, 0.29) is 34.8 Å². The molecule has 7 nitrogen and oxygen atoms in total. The Morgan fingerprint density at radius 3 is 2.59 bits per heavy atom. The standard InChI is InChI=1S/C22H29N3O4/c1-15(26)24-13-16-12-17(14-24)20(25-18(16)4-2-5-19(25)27)21(28)23-9-7-22(8-10-23)6-3-11-29-22/h2,4-5,16-17,20H,3,6-14H2,1H3/t16-,17+,20-/m1/s1. The fraction of sp³-hybridized carbons (Fsp3) is 0.682. The van der Waals surface area contributed by atoms with Crippen LogP contribution in [-0.4, -0.2) is 64.6 Å². The first-order chi connectivity index (χ1) is 14.0. The van der Waals surface area contributed by atoms with E-state index in [0.29, 0.717) is 26.2 Å². The highest BCUT2D eigenvalue weighted by Crippen LogP contribution is 2.43. The van der Waals surface area contributed by atoms with Gasteiger partial charge in [-0.15, -0.1) is 0 Å². The number of aromatic nitrogens is 1. The number of hydrogen-bond donors (Lipinski definition) is 0. The van der Waals surface area contributed by atoms with E-state index in [1.54, 1.807) is 23.6 Å². The number of hydrogen-bond acceptors (Lipinski definition) is 4. The molecule has 156 valence electrons. The highest BCUT2D eigenvalue weighted by Gasteiger charge is 2.47. The van der Waals surface area contributed by atoms with Gasteiger partial charge in [0.2, 0.25) is 11.8 Å². The predicted molar refractivity (Wildman–Crippen MR) is 107 cm³/mol. The van der Waals surface area contributed by atoms with Crippen LogP contribution in [0.25, 0.3) is 0 Å². The number of pyridine rings is 1. The van der Waals surface area contributed by atoms with Gasteiger partial charge in [0.15, 0.2) is 0 Å². The zero-order valence-corrected chi connectivity index (χ0v) is 17.0.